The average molecular weight is 471 g/mol. The molecule has 32 heavy (non-hydrogen) atoms. The predicted octanol–water partition coefficient (Wildman–Crippen LogP) is 4.36. The number of allylic oxidation sites excluding steroid dienone is 2. The molecule has 168 valence electrons. The van der Waals surface area contributed by atoms with Crippen LogP contribution in [0.3, 0.4) is 0 Å². The smallest absolute Gasteiger partial charge is 0.313 e. The van der Waals surface area contributed by atoms with Gasteiger partial charge in [0.15, 0.2) is 0 Å². The number of anilines is 3. The zero-order valence-corrected chi connectivity index (χ0v) is 19.4. The largest absolute Gasteiger partial charge is 0.323 e. The third-order valence-electron chi connectivity index (χ3n) is 5.37. The van der Waals surface area contributed by atoms with Crippen molar-refractivity contribution in [2.75, 3.05) is 35.1 Å². The van der Waals surface area contributed by atoms with Crippen LogP contribution in [0.15, 0.2) is 77.2 Å². The van der Waals surface area contributed by atoms with Crippen molar-refractivity contribution in [3.05, 3.63) is 77.2 Å². The second-order valence-corrected chi connectivity index (χ2v) is 11.2. The summed E-state index contributed by atoms with van der Waals surface area (Å²) in [5.74, 6) is 0. The lowest BCUT2D eigenvalue weighted by Crippen LogP contribution is -2.33. The predicted molar refractivity (Wildman–Crippen MR) is 132 cm³/mol. The summed E-state index contributed by atoms with van der Waals surface area (Å²) in [4.78, 5) is 13.2. The minimum Gasteiger partial charge on any atom is -0.313 e. The summed E-state index contributed by atoms with van der Waals surface area (Å²) in [7, 11) is -1.97. The summed E-state index contributed by atoms with van der Waals surface area (Å²) in [6.07, 6.45) is 5.60. The van der Waals surface area contributed by atoms with Gasteiger partial charge in [-0.25, -0.2) is 13.2 Å². The molecule has 2 aromatic rings. The van der Waals surface area contributed by atoms with Crippen LogP contribution in [0.4, 0.5) is 21.9 Å². The molecule has 4 rings (SSSR count). The monoisotopic (exact) mass is 470 g/mol. The van der Waals surface area contributed by atoms with Crippen molar-refractivity contribution in [2.24, 2.45) is 0 Å². The Hall–Kier alpha value is -2.75. The van der Waals surface area contributed by atoms with Crippen LogP contribution in [-0.2, 0) is 10.0 Å². The number of nitrogens with zero attached hydrogens (tertiary/aromatic N) is 1. The maximum absolute atomic E-state index is 13.2. The highest BCUT2D eigenvalue weighted by atomic mass is 32.3. The van der Waals surface area contributed by atoms with E-state index in [0.29, 0.717) is 23.5 Å². The van der Waals surface area contributed by atoms with Crippen LogP contribution in [0.1, 0.15) is 12.8 Å². The molecular weight excluding hydrogens is 444 g/mol. The topological polar surface area (TPSA) is 90.5 Å². The van der Waals surface area contributed by atoms with Gasteiger partial charge in [0.25, 0.3) is 0 Å². The molecule has 9 heteroatoms. The van der Waals surface area contributed by atoms with Crippen molar-refractivity contribution in [2.45, 2.75) is 17.4 Å². The fourth-order valence-corrected chi connectivity index (χ4v) is 6.87. The van der Waals surface area contributed by atoms with Crippen molar-refractivity contribution in [3.63, 3.8) is 0 Å². The molecule has 0 radical (unpaired) electrons. The molecule has 0 aliphatic carbocycles. The van der Waals surface area contributed by atoms with Crippen molar-refractivity contribution in [1.29, 1.82) is 0 Å². The van der Waals surface area contributed by atoms with Gasteiger partial charge in [0.05, 0.1) is 5.69 Å². The molecule has 2 amide bonds. The summed E-state index contributed by atoms with van der Waals surface area (Å²) in [6, 6.07) is 15.6. The number of carbonyl (C=O) groups excluding carboxylic acids is 1. The third-order valence-corrected chi connectivity index (χ3v) is 9.36. The van der Waals surface area contributed by atoms with Gasteiger partial charge >= 0.3 is 6.03 Å². The summed E-state index contributed by atoms with van der Waals surface area (Å²) < 4.78 is 27.2. The van der Waals surface area contributed by atoms with E-state index in [-0.39, 0.29) is 6.03 Å². The van der Waals surface area contributed by atoms with Gasteiger partial charge in [-0.3, -0.25) is 4.31 Å². The third kappa shape index (κ3) is 5.17. The molecule has 1 unspecified atom stereocenters. The first-order chi connectivity index (χ1) is 15.4. The van der Waals surface area contributed by atoms with Crippen LogP contribution in [0.5, 0.6) is 0 Å². The van der Waals surface area contributed by atoms with Crippen LogP contribution < -0.4 is 20.3 Å². The van der Waals surface area contributed by atoms with Crippen LogP contribution >= 0.6 is 11.8 Å². The number of hydrogen-bond acceptors (Lipinski definition) is 5. The molecular formula is C23H26N4O3S2. The van der Waals surface area contributed by atoms with Gasteiger partial charge < -0.3 is 16.0 Å². The van der Waals surface area contributed by atoms with E-state index in [2.05, 4.69) is 22.0 Å². The van der Waals surface area contributed by atoms with E-state index in [4.69, 9.17) is 0 Å². The molecule has 2 aromatic carbocycles. The molecule has 1 atom stereocenters. The average Bonchev–Trinajstić information content (AvgIpc) is 3.32. The summed E-state index contributed by atoms with van der Waals surface area (Å²) in [5.41, 5.74) is 3.05. The van der Waals surface area contributed by atoms with Gasteiger partial charge in [-0.15, -0.1) is 11.8 Å². The Morgan fingerprint density at radius 3 is 2.38 bits per heavy atom. The number of amides is 2. The number of para-hydroxylation sites is 1. The van der Waals surface area contributed by atoms with Gasteiger partial charge in [-0.05, 0) is 61.4 Å². The first kappa shape index (κ1) is 22.4. The molecule has 0 aromatic heterocycles. The number of thioether (sulfide) groups is 1. The zero-order chi connectivity index (χ0) is 22.6. The number of sulfonamides is 1. The number of hydrogen-bond donors (Lipinski definition) is 3. The highest BCUT2D eigenvalue weighted by Crippen LogP contribution is 2.42. The van der Waals surface area contributed by atoms with Crippen molar-refractivity contribution < 1.29 is 13.2 Å². The molecule has 0 saturated heterocycles. The second-order valence-electron chi connectivity index (χ2n) is 7.54. The fraction of sp³-hybridized carbons (Fsp3) is 0.261. The highest BCUT2D eigenvalue weighted by molar-refractivity contribution is 8.16. The Kier molecular flexibility index (Phi) is 6.88. The Labute approximate surface area is 193 Å². The van der Waals surface area contributed by atoms with Crippen LogP contribution in [-0.4, -0.2) is 39.2 Å². The number of carbonyl (C=O) groups is 1. The molecule has 2 aliphatic heterocycles. The van der Waals surface area contributed by atoms with Gasteiger partial charge in [-0.1, -0.05) is 30.4 Å². The number of urea groups is 1. The Morgan fingerprint density at radius 1 is 1.03 bits per heavy atom. The van der Waals surface area contributed by atoms with Crippen molar-refractivity contribution in [1.82, 2.24) is 5.32 Å². The fourth-order valence-electron chi connectivity index (χ4n) is 3.57. The number of nitrogens with one attached hydrogen (secondary N) is 3. The summed E-state index contributed by atoms with van der Waals surface area (Å²) in [6.45, 7) is 1.75. The summed E-state index contributed by atoms with van der Waals surface area (Å²) >= 11 is 1.43. The van der Waals surface area contributed by atoms with E-state index in [9.17, 15) is 13.2 Å². The first-order valence-electron chi connectivity index (χ1n) is 10.4. The number of benzene rings is 2. The highest BCUT2D eigenvalue weighted by Gasteiger charge is 2.35. The van der Waals surface area contributed by atoms with Gasteiger partial charge in [0.1, 0.15) is 4.58 Å². The van der Waals surface area contributed by atoms with Crippen LogP contribution in [0.2, 0.25) is 0 Å². The van der Waals surface area contributed by atoms with E-state index in [1.165, 1.54) is 21.6 Å². The van der Waals surface area contributed by atoms with Crippen molar-refractivity contribution in [3.8, 4) is 0 Å². The maximum Gasteiger partial charge on any atom is 0.323 e. The Balaban J connectivity index is 1.37. The van der Waals surface area contributed by atoms with E-state index >= 15 is 0 Å². The van der Waals surface area contributed by atoms with Crippen LogP contribution in [0.25, 0.3) is 0 Å². The molecule has 0 saturated carbocycles. The lowest BCUT2D eigenvalue weighted by Gasteiger charge is -2.24. The Bertz CT molecular complexity index is 1130. The Morgan fingerprint density at radius 2 is 1.72 bits per heavy atom. The minimum absolute atomic E-state index is 0.363. The minimum atomic E-state index is -3.54. The molecule has 2 aliphatic rings. The van der Waals surface area contributed by atoms with E-state index in [1.807, 2.05) is 24.3 Å². The van der Waals surface area contributed by atoms with Crippen LogP contribution in [0, 0.1) is 0 Å². The second kappa shape index (κ2) is 9.81. The normalized spacial score (nSPS) is 18.5. The molecule has 0 fully saturated rings. The van der Waals surface area contributed by atoms with Gasteiger partial charge in [0, 0.05) is 29.9 Å². The molecule has 7 nitrogen and oxygen atoms in total. The number of rotatable bonds is 6. The molecule has 2 heterocycles. The summed E-state index contributed by atoms with van der Waals surface area (Å²) in [5, 5.41) is 8.78. The first-order valence-corrected chi connectivity index (χ1v) is 12.8. The molecule has 3 N–H and O–H groups in total. The van der Waals surface area contributed by atoms with Gasteiger partial charge in [-0.2, -0.15) is 0 Å². The SMILES string of the molecule is CN(c1ccc(NC(=O)Nc2ccccc2)cc1)S(=O)(=O)C1CC=C(C2=CCNCC2)S1. The van der Waals surface area contributed by atoms with E-state index in [1.54, 1.807) is 43.4 Å². The van der Waals surface area contributed by atoms with Gasteiger partial charge in [0.2, 0.25) is 10.0 Å². The standard InChI is InChI=1S/C23H26N4O3S2/c1-27(32(29,30)22-12-11-21(31-22)17-13-15-24-16-14-17)20-9-7-19(8-10-20)26-23(28)25-18-5-3-2-4-6-18/h2-11,13,22,24H,12,14-16H2,1H3,(H2,25,26,28). The molecule has 0 spiro atoms. The van der Waals surface area contributed by atoms with Crippen molar-refractivity contribution >= 4 is 44.9 Å². The lowest BCUT2D eigenvalue weighted by molar-refractivity contribution is 0.262. The zero-order valence-electron chi connectivity index (χ0n) is 17.7. The maximum atomic E-state index is 13.2. The quantitative estimate of drug-likeness (QED) is 0.584. The van der Waals surface area contributed by atoms with E-state index in [0.717, 1.165) is 24.4 Å². The molecule has 0 bridgehead atoms. The lowest BCUT2D eigenvalue weighted by atomic mass is 10.1. The van der Waals surface area contributed by atoms with E-state index < -0.39 is 14.6 Å².